The lowest BCUT2D eigenvalue weighted by Crippen LogP contribution is -2.36. The van der Waals surface area contributed by atoms with Crippen LogP contribution in [0, 0.1) is 23.6 Å². The van der Waals surface area contributed by atoms with Crippen LogP contribution in [-0.4, -0.2) is 58.7 Å². The first-order valence-electron chi connectivity index (χ1n) is 12.6. The van der Waals surface area contributed by atoms with Gasteiger partial charge in [0.05, 0.1) is 23.8 Å². The number of halogens is 2. The van der Waals surface area contributed by atoms with Crippen molar-refractivity contribution in [1.29, 1.82) is 0 Å². The van der Waals surface area contributed by atoms with Gasteiger partial charge in [-0.1, -0.05) is 35.9 Å². The molecule has 2 aliphatic heterocycles. The van der Waals surface area contributed by atoms with Crippen LogP contribution >= 0.6 is 11.6 Å². The Morgan fingerprint density at radius 2 is 1.68 bits per heavy atom. The van der Waals surface area contributed by atoms with Crippen LogP contribution in [-0.2, 0) is 14.8 Å². The van der Waals surface area contributed by atoms with Crippen molar-refractivity contribution in [2.75, 3.05) is 56.2 Å². The van der Waals surface area contributed by atoms with E-state index < -0.39 is 10.0 Å². The SMILES string of the molecule is O=S(=O)(c1cccc(-c2ccc(Cl)cc2)c1)N1CC2C(CNc3ccc(N4CCOCC4)c(F)c3)C2C1. The van der Waals surface area contributed by atoms with E-state index in [0.29, 0.717) is 79.3 Å². The summed E-state index contributed by atoms with van der Waals surface area (Å²) < 4.78 is 48.4. The summed E-state index contributed by atoms with van der Waals surface area (Å²) in [6.07, 6.45) is 0. The van der Waals surface area contributed by atoms with Crippen molar-refractivity contribution in [3.8, 4) is 11.1 Å². The van der Waals surface area contributed by atoms with Crippen LogP contribution in [0.4, 0.5) is 15.8 Å². The number of ether oxygens (including phenoxy) is 1. The Labute approximate surface area is 222 Å². The van der Waals surface area contributed by atoms with Gasteiger partial charge in [0.25, 0.3) is 0 Å². The van der Waals surface area contributed by atoms with Crippen molar-refractivity contribution >= 4 is 33.0 Å². The van der Waals surface area contributed by atoms with Crippen molar-refractivity contribution in [2.45, 2.75) is 4.90 Å². The summed E-state index contributed by atoms with van der Waals surface area (Å²) in [4.78, 5) is 2.32. The van der Waals surface area contributed by atoms with Gasteiger partial charge in [0.2, 0.25) is 10.0 Å². The average molecular weight is 542 g/mol. The van der Waals surface area contributed by atoms with Crippen molar-refractivity contribution in [2.24, 2.45) is 17.8 Å². The van der Waals surface area contributed by atoms with Gasteiger partial charge < -0.3 is 15.0 Å². The molecular weight excluding hydrogens is 513 g/mol. The maximum Gasteiger partial charge on any atom is 0.243 e. The lowest BCUT2D eigenvalue weighted by Gasteiger charge is -2.29. The lowest BCUT2D eigenvalue weighted by molar-refractivity contribution is 0.122. The molecule has 2 unspecified atom stereocenters. The van der Waals surface area contributed by atoms with Gasteiger partial charge in [0.15, 0.2) is 0 Å². The highest BCUT2D eigenvalue weighted by molar-refractivity contribution is 7.89. The Hall–Kier alpha value is -2.65. The molecule has 0 amide bonds. The maximum atomic E-state index is 14.7. The fourth-order valence-corrected chi connectivity index (χ4v) is 7.34. The van der Waals surface area contributed by atoms with E-state index in [1.807, 2.05) is 35.2 Å². The van der Waals surface area contributed by atoms with Gasteiger partial charge in [-0.2, -0.15) is 4.31 Å². The lowest BCUT2D eigenvalue weighted by atomic mass is 10.1. The Morgan fingerprint density at radius 3 is 2.38 bits per heavy atom. The highest BCUT2D eigenvalue weighted by Gasteiger charge is 2.57. The molecule has 2 saturated heterocycles. The molecule has 0 spiro atoms. The van der Waals surface area contributed by atoms with E-state index in [1.165, 1.54) is 0 Å². The van der Waals surface area contributed by atoms with E-state index in [9.17, 15) is 12.8 Å². The number of morpholine rings is 1. The standard InChI is InChI=1S/C28H29ClFN3O3S/c29-21-6-4-19(5-7-21)20-2-1-3-23(14-20)37(34,35)33-17-25-24(26(25)18-33)16-31-22-8-9-28(27(30)15-22)32-10-12-36-13-11-32/h1-9,14-15,24-26,31H,10-13,16-18H2. The van der Waals surface area contributed by atoms with Crippen LogP contribution in [0.2, 0.25) is 5.02 Å². The molecule has 3 aromatic carbocycles. The molecule has 6 rings (SSSR count). The molecule has 6 nitrogen and oxygen atoms in total. The molecule has 1 N–H and O–H groups in total. The molecule has 3 aliphatic rings. The third-order valence-electron chi connectivity index (χ3n) is 7.83. The first-order valence-corrected chi connectivity index (χ1v) is 14.4. The van der Waals surface area contributed by atoms with Crippen LogP contribution in [0.5, 0.6) is 0 Å². The van der Waals surface area contributed by atoms with E-state index >= 15 is 0 Å². The third-order valence-corrected chi connectivity index (χ3v) is 9.91. The van der Waals surface area contributed by atoms with Crippen molar-refractivity contribution < 1.29 is 17.5 Å². The molecule has 2 atom stereocenters. The van der Waals surface area contributed by atoms with Gasteiger partial charge in [-0.05, 0) is 71.3 Å². The number of nitrogens with one attached hydrogen (secondary N) is 1. The summed E-state index contributed by atoms with van der Waals surface area (Å²) in [6, 6.07) is 19.7. The second-order valence-electron chi connectivity index (χ2n) is 9.99. The van der Waals surface area contributed by atoms with E-state index in [-0.39, 0.29) is 5.82 Å². The van der Waals surface area contributed by atoms with Gasteiger partial charge in [-0.25, -0.2) is 12.8 Å². The molecule has 2 heterocycles. The molecule has 0 bridgehead atoms. The number of fused-ring (bicyclic) bond motifs is 1. The largest absolute Gasteiger partial charge is 0.385 e. The maximum absolute atomic E-state index is 14.7. The van der Waals surface area contributed by atoms with Crippen molar-refractivity contribution in [3.63, 3.8) is 0 Å². The van der Waals surface area contributed by atoms with Crippen LogP contribution < -0.4 is 10.2 Å². The first kappa shape index (κ1) is 24.7. The second-order valence-corrected chi connectivity index (χ2v) is 12.4. The molecule has 3 fully saturated rings. The summed E-state index contributed by atoms with van der Waals surface area (Å²) in [5, 5.41) is 4.00. The summed E-state index contributed by atoms with van der Waals surface area (Å²) in [5.74, 6) is 0.827. The van der Waals surface area contributed by atoms with Gasteiger partial charge in [0, 0.05) is 43.4 Å². The number of rotatable bonds is 7. The monoisotopic (exact) mass is 541 g/mol. The molecule has 3 aromatic rings. The zero-order valence-electron chi connectivity index (χ0n) is 20.3. The average Bonchev–Trinajstić information content (AvgIpc) is 3.35. The minimum atomic E-state index is -3.57. The molecule has 0 aromatic heterocycles. The van der Waals surface area contributed by atoms with Gasteiger partial charge >= 0.3 is 0 Å². The Balaban J connectivity index is 1.06. The van der Waals surface area contributed by atoms with Crippen molar-refractivity contribution in [3.05, 3.63) is 77.6 Å². The van der Waals surface area contributed by atoms with Crippen LogP contribution in [0.1, 0.15) is 0 Å². The third kappa shape index (κ3) is 4.95. The molecule has 9 heteroatoms. The second kappa shape index (κ2) is 9.91. The molecular formula is C28H29ClFN3O3S. The van der Waals surface area contributed by atoms with Gasteiger partial charge in [0.1, 0.15) is 5.82 Å². The number of nitrogens with zero attached hydrogens (tertiary/aromatic N) is 2. The fourth-order valence-electron chi connectivity index (χ4n) is 5.65. The topological polar surface area (TPSA) is 61.9 Å². The predicted molar refractivity (Wildman–Crippen MR) is 144 cm³/mol. The van der Waals surface area contributed by atoms with E-state index in [0.717, 1.165) is 16.8 Å². The molecule has 1 aliphatic carbocycles. The minimum Gasteiger partial charge on any atom is -0.385 e. The zero-order valence-corrected chi connectivity index (χ0v) is 21.9. The Bertz CT molecular complexity index is 1380. The first-order chi connectivity index (χ1) is 17.9. The minimum absolute atomic E-state index is 0.235. The van der Waals surface area contributed by atoms with Crippen molar-refractivity contribution in [1.82, 2.24) is 4.31 Å². The predicted octanol–water partition coefficient (Wildman–Crippen LogP) is 4.96. The Morgan fingerprint density at radius 1 is 0.946 bits per heavy atom. The molecule has 1 saturated carbocycles. The number of piperidine rings is 1. The van der Waals surface area contributed by atoms with E-state index in [1.54, 1.807) is 40.7 Å². The van der Waals surface area contributed by atoms with E-state index in [4.69, 9.17) is 16.3 Å². The molecule has 37 heavy (non-hydrogen) atoms. The summed E-state index contributed by atoms with van der Waals surface area (Å²) in [7, 11) is -3.57. The summed E-state index contributed by atoms with van der Waals surface area (Å²) in [5.41, 5.74) is 3.13. The van der Waals surface area contributed by atoms with Gasteiger partial charge in [-0.3, -0.25) is 0 Å². The highest BCUT2D eigenvalue weighted by atomic mass is 35.5. The van der Waals surface area contributed by atoms with Crippen LogP contribution in [0.25, 0.3) is 11.1 Å². The summed E-state index contributed by atoms with van der Waals surface area (Å²) in [6.45, 7) is 4.38. The number of hydrogen-bond acceptors (Lipinski definition) is 5. The quantitative estimate of drug-likeness (QED) is 0.458. The number of benzene rings is 3. The normalized spacial score (nSPS) is 23.6. The van der Waals surface area contributed by atoms with Crippen LogP contribution in [0.3, 0.4) is 0 Å². The Kier molecular flexibility index (Phi) is 6.61. The number of sulfonamides is 1. The fraction of sp³-hybridized carbons (Fsp3) is 0.357. The van der Waals surface area contributed by atoms with Gasteiger partial charge in [-0.15, -0.1) is 0 Å². The molecule has 194 valence electrons. The van der Waals surface area contributed by atoms with E-state index in [2.05, 4.69) is 5.32 Å². The smallest absolute Gasteiger partial charge is 0.243 e. The number of anilines is 2. The van der Waals surface area contributed by atoms with Crippen LogP contribution in [0.15, 0.2) is 71.6 Å². The highest BCUT2D eigenvalue weighted by Crippen LogP contribution is 2.52. The summed E-state index contributed by atoms with van der Waals surface area (Å²) >= 11 is 5.99. The molecule has 0 radical (unpaired) electrons. The number of hydrogen-bond donors (Lipinski definition) is 1. The zero-order chi connectivity index (χ0) is 25.6.